The molecule has 0 aromatic carbocycles. The molecule has 0 amide bonds. The SMILES string of the molecule is CNC(C)(CCCN1CCCOCC1)C(=O)O. The molecule has 0 spiro atoms. The Bertz CT molecular complexity index is 240. The summed E-state index contributed by atoms with van der Waals surface area (Å²) in [5, 5.41) is 12.0. The number of carbonyl (C=O) groups is 1. The van der Waals surface area contributed by atoms with Crippen molar-refractivity contribution in [3.63, 3.8) is 0 Å². The molecular weight excluding hydrogens is 220 g/mol. The molecule has 100 valence electrons. The van der Waals surface area contributed by atoms with E-state index >= 15 is 0 Å². The topological polar surface area (TPSA) is 61.8 Å². The monoisotopic (exact) mass is 244 g/mol. The van der Waals surface area contributed by atoms with E-state index in [4.69, 9.17) is 9.84 Å². The summed E-state index contributed by atoms with van der Waals surface area (Å²) in [5.74, 6) is -0.779. The number of hydrogen-bond acceptors (Lipinski definition) is 4. The van der Waals surface area contributed by atoms with Crippen molar-refractivity contribution in [3.05, 3.63) is 0 Å². The zero-order chi connectivity index (χ0) is 12.7. The Balaban J connectivity index is 2.28. The van der Waals surface area contributed by atoms with Gasteiger partial charge in [-0.2, -0.15) is 0 Å². The fraction of sp³-hybridized carbons (Fsp3) is 0.917. The minimum atomic E-state index is -0.803. The Morgan fingerprint density at radius 2 is 2.24 bits per heavy atom. The molecule has 0 aromatic heterocycles. The number of hydrogen-bond donors (Lipinski definition) is 2. The van der Waals surface area contributed by atoms with Crippen molar-refractivity contribution in [3.8, 4) is 0 Å². The molecule has 0 aromatic rings. The second-order valence-electron chi connectivity index (χ2n) is 4.80. The third-order valence-corrected chi connectivity index (χ3v) is 3.49. The number of carboxylic acids is 1. The summed E-state index contributed by atoms with van der Waals surface area (Å²) >= 11 is 0. The zero-order valence-corrected chi connectivity index (χ0v) is 10.9. The van der Waals surface area contributed by atoms with Crippen LogP contribution in [0.4, 0.5) is 0 Å². The summed E-state index contributed by atoms with van der Waals surface area (Å²) < 4.78 is 5.38. The van der Waals surface area contributed by atoms with Crippen LogP contribution in [0.5, 0.6) is 0 Å². The highest BCUT2D eigenvalue weighted by molar-refractivity contribution is 5.78. The Morgan fingerprint density at radius 1 is 1.47 bits per heavy atom. The predicted octanol–water partition coefficient (Wildman–Crippen LogP) is 0.552. The van der Waals surface area contributed by atoms with Gasteiger partial charge in [-0.15, -0.1) is 0 Å². The van der Waals surface area contributed by atoms with E-state index in [1.807, 2.05) is 0 Å². The van der Waals surface area contributed by atoms with Crippen LogP contribution in [-0.2, 0) is 9.53 Å². The van der Waals surface area contributed by atoms with E-state index in [1.165, 1.54) is 0 Å². The minimum absolute atomic E-state index is 0.649. The van der Waals surface area contributed by atoms with E-state index in [0.29, 0.717) is 6.42 Å². The van der Waals surface area contributed by atoms with E-state index in [0.717, 1.165) is 45.7 Å². The lowest BCUT2D eigenvalue weighted by atomic mass is 9.96. The first-order valence-corrected chi connectivity index (χ1v) is 6.31. The van der Waals surface area contributed by atoms with E-state index in [-0.39, 0.29) is 0 Å². The van der Waals surface area contributed by atoms with E-state index < -0.39 is 11.5 Å². The third-order valence-electron chi connectivity index (χ3n) is 3.49. The summed E-state index contributed by atoms with van der Waals surface area (Å²) in [4.78, 5) is 13.4. The maximum Gasteiger partial charge on any atom is 0.323 e. The van der Waals surface area contributed by atoms with Gasteiger partial charge in [-0.05, 0) is 39.8 Å². The lowest BCUT2D eigenvalue weighted by Gasteiger charge is -2.26. The normalized spacial score (nSPS) is 21.8. The van der Waals surface area contributed by atoms with Crippen LogP contribution in [0.15, 0.2) is 0 Å². The highest BCUT2D eigenvalue weighted by atomic mass is 16.5. The molecule has 1 fully saturated rings. The molecule has 0 radical (unpaired) electrons. The van der Waals surface area contributed by atoms with Gasteiger partial charge < -0.3 is 20.1 Å². The van der Waals surface area contributed by atoms with Crippen LogP contribution in [0.1, 0.15) is 26.2 Å². The highest BCUT2D eigenvalue weighted by Crippen LogP contribution is 2.13. The molecule has 1 aliphatic heterocycles. The molecule has 1 unspecified atom stereocenters. The summed E-state index contributed by atoms with van der Waals surface area (Å²) in [6, 6.07) is 0. The van der Waals surface area contributed by atoms with Crippen molar-refractivity contribution in [2.45, 2.75) is 31.7 Å². The Kier molecular flexibility index (Phi) is 5.88. The van der Waals surface area contributed by atoms with Gasteiger partial charge in [0.1, 0.15) is 5.54 Å². The zero-order valence-electron chi connectivity index (χ0n) is 10.9. The number of likely N-dealkylation sites (N-methyl/N-ethyl adjacent to an activating group) is 1. The fourth-order valence-electron chi connectivity index (χ4n) is 2.02. The second-order valence-corrected chi connectivity index (χ2v) is 4.80. The predicted molar refractivity (Wildman–Crippen MR) is 66.2 cm³/mol. The van der Waals surface area contributed by atoms with Crippen molar-refractivity contribution in [2.24, 2.45) is 0 Å². The lowest BCUT2D eigenvalue weighted by Crippen LogP contribution is -2.47. The Morgan fingerprint density at radius 3 is 2.88 bits per heavy atom. The van der Waals surface area contributed by atoms with Crippen molar-refractivity contribution in [1.82, 2.24) is 10.2 Å². The smallest absolute Gasteiger partial charge is 0.323 e. The third kappa shape index (κ3) is 4.61. The van der Waals surface area contributed by atoms with Gasteiger partial charge in [0.2, 0.25) is 0 Å². The van der Waals surface area contributed by atoms with Crippen LogP contribution in [0.25, 0.3) is 0 Å². The van der Waals surface area contributed by atoms with Gasteiger partial charge in [-0.1, -0.05) is 0 Å². The molecule has 5 heteroatoms. The van der Waals surface area contributed by atoms with Crippen LogP contribution in [0.2, 0.25) is 0 Å². The average Bonchev–Trinajstić information content (AvgIpc) is 2.57. The van der Waals surface area contributed by atoms with Gasteiger partial charge in [-0.25, -0.2) is 0 Å². The molecule has 2 N–H and O–H groups in total. The summed E-state index contributed by atoms with van der Waals surface area (Å²) in [7, 11) is 1.70. The Labute approximate surface area is 103 Å². The number of aliphatic carboxylic acids is 1. The van der Waals surface area contributed by atoms with Gasteiger partial charge in [0.05, 0.1) is 6.61 Å². The summed E-state index contributed by atoms with van der Waals surface area (Å²) in [6.07, 6.45) is 2.61. The lowest BCUT2D eigenvalue weighted by molar-refractivity contribution is -0.144. The van der Waals surface area contributed by atoms with Crippen LogP contribution in [-0.4, -0.2) is 61.4 Å². The molecule has 1 atom stereocenters. The Hall–Kier alpha value is -0.650. The van der Waals surface area contributed by atoms with Crippen molar-refractivity contribution < 1.29 is 14.6 Å². The van der Waals surface area contributed by atoms with Gasteiger partial charge in [-0.3, -0.25) is 4.79 Å². The van der Waals surface area contributed by atoms with Crippen LogP contribution in [0, 0.1) is 0 Å². The average molecular weight is 244 g/mol. The molecule has 0 bridgehead atoms. The molecule has 1 saturated heterocycles. The van der Waals surface area contributed by atoms with E-state index in [2.05, 4.69) is 10.2 Å². The van der Waals surface area contributed by atoms with Gasteiger partial charge in [0, 0.05) is 19.7 Å². The number of ether oxygens (including phenoxy) is 1. The van der Waals surface area contributed by atoms with E-state index in [9.17, 15) is 4.79 Å². The maximum atomic E-state index is 11.1. The quantitative estimate of drug-likeness (QED) is 0.714. The first-order chi connectivity index (χ1) is 8.08. The van der Waals surface area contributed by atoms with Crippen molar-refractivity contribution >= 4 is 5.97 Å². The van der Waals surface area contributed by atoms with Gasteiger partial charge in [0.25, 0.3) is 0 Å². The summed E-state index contributed by atoms with van der Waals surface area (Å²) in [6.45, 7) is 6.35. The van der Waals surface area contributed by atoms with E-state index in [1.54, 1.807) is 14.0 Å². The van der Waals surface area contributed by atoms with Crippen molar-refractivity contribution in [2.75, 3.05) is 39.9 Å². The van der Waals surface area contributed by atoms with Gasteiger partial charge in [0.15, 0.2) is 0 Å². The molecule has 5 nitrogen and oxygen atoms in total. The number of carboxylic acid groups (broad SMARTS) is 1. The molecule has 17 heavy (non-hydrogen) atoms. The molecule has 0 saturated carbocycles. The van der Waals surface area contributed by atoms with Gasteiger partial charge >= 0.3 is 5.97 Å². The molecule has 0 aliphatic carbocycles. The highest BCUT2D eigenvalue weighted by Gasteiger charge is 2.30. The van der Waals surface area contributed by atoms with Crippen LogP contribution in [0.3, 0.4) is 0 Å². The molecular formula is C12H24N2O3. The number of nitrogens with zero attached hydrogens (tertiary/aromatic N) is 1. The van der Waals surface area contributed by atoms with Crippen LogP contribution >= 0.6 is 0 Å². The van der Waals surface area contributed by atoms with Crippen molar-refractivity contribution in [1.29, 1.82) is 0 Å². The fourth-order valence-corrected chi connectivity index (χ4v) is 2.02. The number of nitrogens with one attached hydrogen (secondary N) is 1. The maximum absolute atomic E-state index is 11.1. The largest absolute Gasteiger partial charge is 0.480 e. The minimum Gasteiger partial charge on any atom is -0.480 e. The first kappa shape index (κ1) is 14.4. The summed E-state index contributed by atoms with van der Waals surface area (Å²) in [5.41, 5.74) is -0.803. The molecule has 1 aliphatic rings. The van der Waals surface area contributed by atoms with Crippen LogP contribution < -0.4 is 5.32 Å². The molecule has 1 heterocycles. The number of rotatable bonds is 6. The standard InChI is InChI=1S/C12H24N2O3/c1-12(13-2,11(15)16)5-3-6-14-7-4-9-17-10-8-14/h13H,3-10H2,1-2H3,(H,15,16). The molecule has 1 rings (SSSR count). The first-order valence-electron chi connectivity index (χ1n) is 6.31. The second kappa shape index (κ2) is 6.93.